The molecule has 3 aromatic rings. The third kappa shape index (κ3) is 5.91. The van der Waals surface area contributed by atoms with Crippen molar-refractivity contribution in [3.05, 3.63) is 42.5 Å². The number of hydrogen-bond acceptors (Lipinski definition) is 11. The normalized spacial score (nSPS) is 26.2. The van der Waals surface area contributed by atoms with Crippen LogP contribution in [0.1, 0.15) is 31.8 Å². The summed E-state index contributed by atoms with van der Waals surface area (Å²) < 4.78 is 52.9. The summed E-state index contributed by atoms with van der Waals surface area (Å²) in [5, 5.41) is 16.7. The average molecular weight is 589 g/mol. The van der Waals surface area contributed by atoms with Crippen LogP contribution in [0.25, 0.3) is 11.2 Å². The van der Waals surface area contributed by atoms with E-state index in [-0.39, 0.29) is 17.4 Å². The number of carbonyl (C=O) groups excluding carboxylic acids is 1. The number of fused-ring (bicyclic) bond motifs is 1. The van der Waals surface area contributed by atoms with E-state index in [1.165, 1.54) is 37.1 Å². The maximum absolute atomic E-state index is 16.2. The first kappa shape index (κ1) is 28.9. The quantitative estimate of drug-likeness (QED) is 0.171. The Hall–Kier alpha value is -3.60. The molecule has 1 saturated heterocycles. The molecule has 1 saturated carbocycles. The molecule has 3 heterocycles. The number of aliphatic hydroxyl groups excluding tert-OH is 1. The zero-order valence-electron chi connectivity index (χ0n) is 22.6. The summed E-state index contributed by atoms with van der Waals surface area (Å²) in [4.78, 5) is 25.2. The van der Waals surface area contributed by atoms with Gasteiger partial charge in [0.25, 0.3) is 0 Å². The minimum Gasteiger partial charge on any atom is -0.468 e. The maximum atomic E-state index is 16.2. The number of para-hydroxylation sites is 1. The lowest BCUT2D eigenvalue weighted by atomic mass is 9.97. The van der Waals surface area contributed by atoms with Crippen LogP contribution in [0, 0.1) is 19.3 Å². The molecule has 41 heavy (non-hydrogen) atoms. The molecule has 13 nitrogen and oxygen atoms in total. The molecule has 15 heteroatoms. The van der Waals surface area contributed by atoms with Crippen LogP contribution < -0.4 is 14.9 Å². The molecule has 2 aliphatic rings. The number of halogens is 1. The fourth-order valence-electron chi connectivity index (χ4n) is 4.38. The molecule has 218 valence electrons. The van der Waals surface area contributed by atoms with Gasteiger partial charge in [-0.05, 0) is 38.8 Å². The highest BCUT2D eigenvalue weighted by molar-refractivity contribution is 7.52. The van der Waals surface area contributed by atoms with E-state index in [0.717, 1.165) is 12.8 Å². The van der Waals surface area contributed by atoms with Gasteiger partial charge in [0, 0.05) is 6.04 Å². The number of aromatic nitrogens is 4. The number of aryl methyl sites for hydroxylation is 1. The number of carbonyl (C=O) groups is 1. The first-order valence-corrected chi connectivity index (χ1v) is 14.4. The van der Waals surface area contributed by atoms with Crippen molar-refractivity contribution in [3.8, 4) is 18.1 Å². The summed E-state index contributed by atoms with van der Waals surface area (Å²) in [6.45, 7) is 2.47. The first-order chi connectivity index (χ1) is 19.6. The van der Waals surface area contributed by atoms with Crippen molar-refractivity contribution in [3.63, 3.8) is 0 Å². The highest BCUT2D eigenvalue weighted by Crippen LogP contribution is 2.48. The second-order valence-corrected chi connectivity index (χ2v) is 11.5. The molecule has 0 bridgehead atoms. The van der Waals surface area contributed by atoms with Gasteiger partial charge in [-0.25, -0.2) is 23.9 Å². The zero-order chi connectivity index (χ0) is 29.4. The van der Waals surface area contributed by atoms with Gasteiger partial charge in [0.2, 0.25) is 5.67 Å². The van der Waals surface area contributed by atoms with Gasteiger partial charge in [-0.3, -0.25) is 13.9 Å². The monoisotopic (exact) mass is 588 g/mol. The number of rotatable bonds is 11. The maximum Gasteiger partial charge on any atom is 0.459 e. The molecule has 0 radical (unpaired) electrons. The Bertz CT molecular complexity index is 1510. The molecular weight excluding hydrogens is 558 g/mol. The minimum absolute atomic E-state index is 0.171. The number of nitrogens with zero attached hydrogens (tertiary/aromatic N) is 4. The number of anilines is 1. The fourth-order valence-corrected chi connectivity index (χ4v) is 5.88. The van der Waals surface area contributed by atoms with Gasteiger partial charge in [0.15, 0.2) is 23.2 Å². The Balaban J connectivity index is 1.40. The number of nitrogens with one attached hydrogen (secondary N) is 2. The number of aliphatic hydroxyl groups is 1. The average Bonchev–Trinajstić information content (AvgIpc) is 3.62. The third-order valence-electron chi connectivity index (χ3n) is 6.66. The summed E-state index contributed by atoms with van der Waals surface area (Å²) in [5.74, 6) is 2.37. The molecule has 3 N–H and O–H groups in total. The van der Waals surface area contributed by atoms with E-state index in [1.54, 1.807) is 25.1 Å². The number of hydrogen-bond donors (Lipinski definition) is 3. The minimum atomic E-state index is -4.30. The van der Waals surface area contributed by atoms with E-state index in [0.29, 0.717) is 17.2 Å². The number of ether oxygens (including phenoxy) is 2. The molecule has 6 atom stereocenters. The number of alkyl halides is 1. The first-order valence-electron chi connectivity index (χ1n) is 12.9. The van der Waals surface area contributed by atoms with Crippen molar-refractivity contribution in [2.24, 2.45) is 0 Å². The fraction of sp³-hybridized carbons (Fsp3) is 0.462. The van der Waals surface area contributed by atoms with Crippen LogP contribution in [0.4, 0.5) is 10.2 Å². The van der Waals surface area contributed by atoms with E-state index < -0.39 is 50.5 Å². The SMILES string of the molecule is C#C[C@@]1(F)[C@H](O)[C@@H](COP(=O)(N[C@@H](C)C(=O)OC)Oc2ccccc2)O[C@H]1n1cnc2c(NC3CC3)nc(C)nc21. The third-order valence-corrected chi connectivity index (χ3v) is 8.30. The van der Waals surface area contributed by atoms with Crippen LogP contribution in [0.15, 0.2) is 36.7 Å². The molecule has 1 aliphatic heterocycles. The van der Waals surface area contributed by atoms with Gasteiger partial charge in [0.05, 0.1) is 20.0 Å². The standard InChI is InChI=1S/C26H30FN6O7P/c1-5-26(27)21(34)19(13-38-41(36,32-15(2)24(35)37-4)40-18-9-7-6-8-10-18)39-25(26)33-14-28-20-22(31-17-11-12-17)29-16(3)30-23(20)33/h1,6-10,14-15,17,19,21,25,34H,11-13H2,2-4H3,(H,32,36)(H,29,30,31)/t15-,19+,21+,25+,26+,41?/m0/s1. The van der Waals surface area contributed by atoms with Crippen LogP contribution in [0.3, 0.4) is 0 Å². The molecule has 0 amide bonds. The molecule has 1 aromatic carbocycles. The highest BCUT2D eigenvalue weighted by atomic mass is 31.2. The number of imidazole rings is 1. The Morgan fingerprint density at radius 3 is 2.76 bits per heavy atom. The molecular formula is C26H30FN6O7P. The smallest absolute Gasteiger partial charge is 0.459 e. The molecule has 1 aliphatic carbocycles. The van der Waals surface area contributed by atoms with Crippen LogP contribution in [0.5, 0.6) is 5.75 Å². The summed E-state index contributed by atoms with van der Waals surface area (Å²) in [5.41, 5.74) is -2.09. The lowest BCUT2D eigenvalue weighted by molar-refractivity contribution is -0.142. The van der Waals surface area contributed by atoms with Crippen LogP contribution in [0.2, 0.25) is 0 Å². The highest BCUT2D eigenvalue weighted by Gasteiger charge is 2.58. The van der Waals surface area contributed by atoms with E-state index in [9.17, 15) is 14.5 Å². The van der Waals surface area contributed by atoms with Gasteiger partial charge in [-0.15, -0.1) is 6.42 Å². The number of methoxy groups -OCH3 is 1. The van der Waals surface area contributed by atoms with Crippen LogP contribution >= 0.6 is 7.75 Å². The molecule has 2 fully saturated rings. The predicted molar refractivity (Wildman–Crippen MR) is 145 cm³/mol. The van der Waals surface area contributed by atoms with Gasteiger partial charge in [0.1, 0.15) is 29.8 Å². The summed E-state index contributed by atoms with van der Waals surface area (Å²) in [6.07, 6.45) is 4.03. The molecule has 5 rings (SSSR count). The second-order valence-electron chi connectivity index (χ2n) is 9.82. The Morgan fingerprint density at radius 2 is 2.10 bits per heavy atom. The van der Waals surface area contributed by atoms with Gasteiger partial charge >= 0.3 is 13.7 Å². The van der Waals surface area contributed by atoms with Crippen molar-refractivity contribution < 1.29 is 37.4 Å². The lowest BCUT2D eigenvalue weighted by Gasteiger charge is -2.24. The van der Waals surface area contributed by atoms with Gasteiger partial charge < -0.3 is 24.4 Å². The van der Waals surface area contributed by atoms with Crippen LogP contribution in [-0.2, 0) is 23.4 Å². The Morgan fingerprint density at radius 1 is 1.37 bits per heavy atom. The summed E-state index contributed by atoms with van der Waals surface area (Å²) in [7, 11) is -3.13. The van der Waals surface area contributed by atoms with Crippen molar-refractivity contribution in [1.82, 2.24) is 24.6 Å². The van der Waals surface area contributed by atoms with Crippen molar-refractivity contribution in [1.29, 1.82) is 0 Å². The van der Waals surface area contributed by atoms with E-state index in [1.807, 2.05) is 5.92 Å². The van der Waals surface area contributed by atoms with Gasteiger partial charge in [-0.1, -0.05) is 24.1 Å². The Kier molecular flexibility index (Phi) is 8.00. The molecule has 0 spiro atoms. The van der Waals surface area contributed by atoms with Gasteiger partial charge in [-0.2, -0.15) is 5.09 Å². The van der Waals surface area contributed by atoms with E-state index >= 15 is 4.39 Å². The number of benzene rings is 1. The van der Waals surface area contributed by atoms with E-state index in [2.05, 4.69) is 30.1 Å². The largest absolute Gasteiger partial charge is 0.468 e. The molecule has 1 unspecified atom stereocenters. The van der Waals surface area contributed by atoms with Crippen molar-refractivity contribution in [2.75, 3.05) is 19.0 Å². The summed E-state index contributed by atoms with van der Waals surface area (Å²) in [6, 6.07) is 7.26. The summed E-state index contributed by atoms with van der Waals surface area (Å²) >= 11 is 0. The predicted octanol–water partition coefficient (Wildman–Crippen LogP) is 2.66. The topological polar surface area (TPSA) is 159 Å². The number of esters is 1. The van der Waals surface area contributed by atoms with E-state index in [4.69, 9.17) is 20.2 Å². The zero-order valence-corrected chi connectivity index (χ0v) is 23.5. The second kappa shape index (κ2) is 11.3. The lowest BCUT2D eigenvalue weighted by Crippen LogP contribution is -2.42. The molecule has 2 aromatic heterocycles. The number of terminal acetylenes is 1. The Labute approximate surface area is 235 Å². The van der Waals surface area contributed by atoms with Crippen molar-refractivity contribution >= 4 is 30.7 Å². The van der Waals surface area contributed by atoms with Crippen LogP contribution in [-0.4, -0.2) is 74.3 Å². The van der Waals surface area contributed by atoms with Crippen molar-refractivity contribution in [2.45, 2.75) is 62.9 Å².